The smallest absolute Gasteiger partial charge is 0.145 e. The summed E-state index contributed by atoms with van der Waals surface area (Å²) >= 11 is 0. The van der Waals surface area contributed by atoms with Crippen LogP contribution >= 0.6 is 0 Å². The number of hydrogen-bond acceptors (Lipinski definition) is 1. The molecule has 0 bridgehead atoms. The van der Waals surface area contributed by atoms with E-state index in [1.165, 1.54) is 0 Å². The number of aldehydes is 1. The molecular formula is C7H12O. The molecule has 0 amide bonds. The second-order valence-electron chi connectivity index (χ2n) is 2.27. The molecule has 0 atom stereocenters. The summed E-state index contributed by atoms with van der Waals surface area (Å²) in [6.45, 7) is 5.91. The number of carbonyl (C=O) groups is 1. The Labute approximate surface area is 50.4 Å². The minimum Gasteiger partial charge on any atom is -0.298 e. The van der Waals surface area contributed by atoms with Gasteiger partial charge in [0.15, 0.2) is 0 Å². The van der Waals surface area contributed by atoms with Crippen LogP contribution in [-0.4, -0.2) is 6.29 Å². The van der Waals surface area contributed by atoms with Crippen LogP contribution in [0.3, 0.4) is 0 Å². The van der Waals surface area contributed by atoms with Crippen LogP contribution in [0, 0.1) is 5.92 Å². The van der Waals surface area contributed by atoms with Gasteiger partial charge in [0.2, 0.25) is 0 Å². The van der Waals surface area contributed by atoms with Crippen molar-refractivity contribution >= 4 is 6.29 Å². The maximum absolute atomic E-state index is 9.97. The highest BCUT2D eigenvalue weighted by molar-refractivity contribution is 5.71. The van der Waals surface area contributed by atoms with Crippen LogP contribution in [0.4, 0.5) is 0 Å². The molecule has 0 aliphatic carbocycles. The van der Waals surface area contributed by atoms with E-state index in [1.807, 2.05) is 26.8 Å². The molecule has 0 aliphatic rings. The highest BCUT2D eigenvalue weighted by Crippen LogP contribution is 1.97. The Kier molecular flexibility index (Phi) is 3.16. The normalized spacial score (nSPS) is 12.2. The standard InChI is InChI=1S/C7H12O/c1-6(2)4-7(3)5-8/h4-6H,1-3H3/b7-4+. The van der Waals surface area contributed by atoms with Crippen LogP contribution in [0.1, 0.15) is 20.8 Å². The summed E-state index contributed by atoms with van der Waals surface area (Å²) in [6, 6.07) is 0. The summed E-state index contributed by atoms with van der Waals surface area (Å²) in [5.41, 5.74) is 0.819. The van der Waals surface area contributed by atoms with Crippen molar-refractivity contribution in [1.29, 1.82) is 0 Å². The van der Waals surface area contributed by atoms with Crippen molar-refractivity contribution in [1.82, 2.24) is 0 Å². The number of carbonyl (C=O) groups excluding carboxylic acids is 1. The molecule has 0 radical (unpaired) electrons. The molecule has 8 heavy (non-hydrogen) atoms. The number of hydrogen-bond donors (Lipinski definition) is 0. The molecule has 0 spiro atoms. The van der Waals surface area contributed by atoms with E-state index < -0.39 is 0 Å². The van der Waals surface area contributed by atoms with Gasteiger partial charge in [0.25, 0.3) is 0 Å². The zero-order valence-corrected chi connectivity index (χ0v) is 5.64. The number of rotatable bonds is 2. The molecule has 0 aliphatic heterocycles. The summed E-state index contributed by atoms with van der Waals surface area (Å²) in [7, 11) is 0. The number of allylic oxidation sites excluding steroid dienone is 2. The molecule has 0 N–H and O–H groups in total. The fraction of sp³-hybridized carbons (Fsp3) is 0.571. The van der Waals surface area contributed by atoms with E-state index in [0.29, 0.717) is 5.92 Å². The third-order valence-corrected chi connectivity index (χ3v) is 0.782. The molecule has 0 aromatic heterocycles. The van der Waals surface area contributed by atoms with E-state index in [4.69, 9.17) is 0 Å². The van der Waals surface area contributed by atoms with Gasteiger partial charge in [-0.15, -0.1) is 0 Å². The third-order valence-electron chi connectivity index (χ3n) is 0.782. The second kappa shape index (κ2) is 3.42. The molecule has 1 heteroatoms. The van der Waals surface area contributed by atoms with Crippen molar-refractivity contribution in [2.24, 2.45) is 5.92 Å². The molecule has 0 fully saturated rings. The van der Waals surface area contributed by atoms with Gasteiger partial charge in [-0.2, -0.15) is 0 Å². The Balaban J connectivity index is 3.74. The zero-order chi connectivity index (χ0) is 6.57. The third kappa shape index (κ3) is 3.59. The van der Waals surface area contributed by atoms with Crippen molar-refractivity contribution in [3.05, 3.63) is 11.6 Å². The molecular weight excluding hydrogens is 100 g/mol. The van der Waals surface area contributed by atoms with Crippen molar-refractivity contribution in [2.75, 3.05) is 0 Å². The first kappa shape index (κ1) is 7.41. The van der Waals surface area contributed by atoms with Crippen molar-refractivity contribution in [3.8, 4) is 0 Å². The largest absolute Gasteiger partial charge is 0.298 e. The first-order valence-electron chi connectivity index (χ1n) is 2.80. The van der Waals surface area contributed by atoms with E-state index in [1.54, 1.807) is 0 Å². The van der Waals surface area contributed by atoms with Gasteiger partial charge in [-0.3, -0.25) is 4.79 Å². The van der Waals surface area contributed by atoms with Crippen molar-refractivity contribution in [3.63, 3.8) is 0 Å². The highest BCUT2D eigenvalue weighted by atomic mass is 16.1. The van der Waals surface area contributed by atoms with Crippen molar-refractivity contribution < 1.29 is 4.79 Å². The molecule has 0 saturated heterocycles. The highest BCUT2D eigenvalue weighted by Gasteiger charge is 1.86. The lowest BCUT2D eigenvalue weighted by Gasteiger charge is -1.92. The van der Waals surface area contributed by atoms with Gasteiger partial charge in [-0.05, 0) is 18.4 Å². The van der Waals surface area contributed by atoms with Gasteiger partial charge in [-0.1, -0.05) is 19.9 Å². The second-order valence-corrected chi connectivity index (χ2v) is 2.27. The quantitative estimate of drug-likeness (QED) is 0.393. The molecule has 1 nitrogen and oxygen atoms in total. The predicted molar refractivity (Wildman–Crippen MR) is 34.7 cm³/mol. The summed E-state index contributed by atoms with van der Waals surface area (Å²) in [5.74, 6) is 0.486. The summed E-state index contributed by atoms with van der Waals surface area (Å²) in [4.78, 5) is 9.97. The maximum Gasteiger partial charge on any atom is 0.145 e. The van der Waals surface area contributed by atoms with Gasteiger partial charge in [0.1, 0.15) is 6.29 Å². The van der Waals surface area contributed by atoms with E-state index >= 15 is 0 Å². The lowest BCUT2D eigenvalue weighted by Crippen LogP contribution is -1.82. The fourth-order valence-electron chi connectivity index (χ4n) is 0.565. The minimum atomic E-state index is 0.486. The molecule has 46 valence electrons. The monoisotopic (exact) mass is 112 g/mol. The van der Waals surface area contributed by atoms with E-state index in [-0.39, 0.29) is 0 Å². The van der Waals surface area contributed by atoms with Crippen LogP contribution in [-0.2, 0) is 4.79 Å². The maximum atomic E-state index is 9.97. The van der Waals surface area contributed by atoms with Gasteiger partial charge >= 0.3 is 0 Å². The molecule has 0 saturated carbocycles. The van der Waals surface area contributed by atoms with Gasteiger partial charge in [0, 0.05) is 0 Å². The van der Waals surface area contributed by atoms with Gasteiger partial charge < -0.3 is 0 Å². The first-order chi connectivity index (χ1) is 3.66. The van der Waals surface area contributed by atoms with Crippen LogP contribution in [0.15, 0.2) is 11.6 Å². The molecule has 0 heterocycles. The minimum absolute atomic E-state index is 0.486. The Morgan fingerprint density at radius 2 is 2.00 bits per heavy atom. The summed E-state index contributed by atoms with van der Waals surface area (Å²) in [5, 5.41) is 0. The van der Waals surface area contributed by atoms with Crippen molar-refractivity contribution in [2.45, 2.75) is 20.8 Å². The fourth-order valence-corrected chi connectivity index (χ4v) is 0.565. The molecule has 0 unspecified atom stereocenters. The lowest BCUT2D eigenvalue weighted by atomic mass is 10.1. The average molecular weight is 112 g/mol. The Hall–Kier alpha value is -0.590. The van der Waals surface area contributed by atoms with E-state index in [0.717, 1.165) is 11.9 Å². The Bertz CT molecular complexity index is 101. The van der Waals surface area contributed by atoms with Gasteiger partial charge in [0.05, 0.1) is 0 Å². The van der Waals surface area contributed by atoms with Crippen LogP contribution < -0.4 is 0 Å². The molecule has 0 aromatic rings. The molecule has 0 aromatic carbocycles. The first-order valence-corrected chi connectivity index (χ1v) is 2.80. The van der Waals surface area contributed by atoms with Crippen LogP contribution in [0.2, 0.25) is 0 Å². The Morgan fingerprint density at radius 1 is 1.50 bits per heavy atom. The summed E-state index contributed by atoms with van der Waals surface area (Å²) < 4.78 is 0. The van der Waals surface area contributed by atoms with Crippen LogP contribution in [0.25, 0.3) is 0 Å². The Morgan fingerprint density at radius 3 is 2.12 bits per heavy atom. The van der Waals surface area contributed by atoms with Crippen LogP contribution in [0.5, 0.6) is 0 Å². The molecule has 0 rings (SSSR count). The van der Waals surface area contributed by atoms with Gasteiger partial charge in [-0.25, -0.2) is 0 Å². The van der Waals surface area contributed by atoms with E-state index in [9.17, 15) is 4.79 Å². The predicted octanol–water partition coefficient (Wildman–Crippen LogP) is 1.79. The zero-order valence-electron chi connectivity index (χ0n) is 5.64. The lowest BCUT2D eigenvalue weighted by molar-refractivity contribution is -0.104. The summed E-state index contributed by atoms with van der Waals surface area (Å²) in [6.07, 6.45) is 2.81. The SMILES string of the molecule is C/C(C=O)=C\C(C)C. The van der Waals surface area contributed by atoms with E-state index in [2.05, 4.69) is 0 Å². The average Bonchev–Trinajstić information content (AvgIpc) is 1.65. The topological polar surface area (TPSA) is 17.1 Å².